The molecule has 3 heteroatoms. The molecule has 0 aromatic heterocycles. The van der Waals surface area contributed by atoms with Gasteiger partial charge in [-0.05, 0) is 12.3 Å². The van der Waals surface area contributed by atoms with E-state index in [4.69, 9.17) is 12.2 Å². The Morgan fingerprint density at radius 2 is 2.14 bits per heavy atom. The van der Waals surface area contributed by atoms with Crippen LogP contribution in [0.2, 0.25) is 0 Å². The van der Waals surface area contributed by atoms with Crippen LogP contribution in [0.3, 0.4) is 0 Å². The van der Waals surface area contributed by atoms with Gasteiger partial charge in [-0.1, -0.05) is 33.1 Å². The lowest BCUT2D eigenvalue weighted by Gasteiger charge is -2.18. The molecule has 1 amide bonds. The summed E-state index contributed by atoms with van der Waals surface area (Å²) >= 11 is 0. The van der Waals surface area contributed by atoms with Crippen molar-refractivity contribution in [3.05, 3.63) is 0 Å². The predicted molar refractivity (Wildman–Crippen MR) is 58.5 cm³/mol. The maximum absolute atomic E-state index is 11.5. The van der Waals surface area contributed by atoms with Crippen LogP contribution in [-0.4, -0.2) is 18.0 Å². The first-order chi connectivity index (χ1) is 6.52. The highest BCUT2D eigenvalue weighted by molar-refractivity contribution is 5.82. The fraction of sp³-hybridized carbons (Fsp3) is 0.727. The molecule has 3 nitrogen and oxygen atoms in total. The molecular formula is C11H20N2O. The summed E-state index contributed by atoms with van der Waals surface area (Å²) in [5, 5.41) is 2.75. The van der Waals surface area contributed by atoms with Gasteiger partial charge in [-0.25, -0.2) is 0 Å². The Morgan fingerprint density at radius 3 is 2.50 bits per heavy atom. The van der Waals surface area contributed by atoms with E-state index in [-0.39, 0.29) is 17.9 Å². The van der Waals surface area contributed by atoms with Gasteiger partial charge in [0.1, 0.15) is 0 Å². The Labute approximate surface area is 86.4 Å². The zero-order valence-electron chi connectivity index (χ0n) is 9.21. The first-order valence-corrected chi connectivity index (χ1v) is 5.05. The molecule has 0 bridgehead atoms. The van der Waals surface area contributed by atoms with E-state index < -0.39 is 6.04 Å². The van der Waals surface area contributed by atoms with Crippen molar-refractivity contribution < 1.29 is 4.79 Å². The number of terminal acetylenes is 1. The minimum absolute atomic E-state index is 0.134. The SMILES string of the molecule is C#CC(CCC)NC(=O)[C@@H](N)C(C)C. The summed E-state index contributed by atoms with van der Waals surface area (Å²) in [5.74, 6) is 2.52. The van der Waals surface area contributed by atoms with Gasteiger partial charge < -0.3 is 11.1 Å². The molecule has 0 heterocycles. The van der Waals surface area contributed by atoms with Gasteiger partial charge in [-0.2, -0.15) is 0 Å². The number of nitrogens with two attached hydrogens (primary N) is 1. The van der Waals surface area contributed by atoms with Gasteiger partial charge in [-0.15, -0.1) is 6.42 Å². The average Bonchev–Trinajstić information content (AvgIpc) is 2.15. The fourth-order valence-corrected chi connectivity index (χ4v) is 1.06. The second-order valence-electron chi connectivity index (χ2n) is 3.79. The Bertz CT molecular complexity index is 218. The molecule has 1 unspecified atom stereocenters. The van der Waals surface area contributed by atoms with Crippen molar-refractivity contribution in [2.75, 3.05) is 0 Å². The maximum Gasteiger partial charge on any atom is 0.238 e. The Balaban J connectivity index is 4.10. The summed E-state index contributed by atoms with van der Waals surface area (Å²) in [6, 6.07) is -0.653. The van der Waals surface area contributed by atoms with E-state index >= 15 is 0 Å². The van der Waals surface area contributed by atoms with E-state index in [9.17, 15) is 4.79 Å². The van der Waals surface area contributed by atoms with E-state index in [1.807, 2.05) is 20.8 Å². The average molecular weight is 196 g/mol. The summed E-state index contributed by atoms with van der Waals surface area (Å²) < 4.78 is 0. The number of carbonyl (C=O) groups is 1. The third-order valence-electron chi connectivity index (χ3n) is 2.12. The summed E-state index contributed by atoms with van der Waals surface area (Å²) in [5.41, 5.74) is 5.68. The Morgan fingerprint density at radius 1 is 1.57 bits per heavy atom. The van der Waals surface area contributed by atoms with Crippen molar-refractivity contribution >= 4 is 5.91 Å². The second kappa shape index (κ2) is 6.44. The van der Waals surface area contributed by atoms with Crippen molar-refractivity contribution in [3.63, 3.8) is 0 Å². The number of hydrogen-bond donors (Lipinski definition) is 2. The van der Waals surface area contributed by atoms with Gasteiger partial charge in [0.15, 0.2) is 0 Å². The molecule has 0 fully saturated rings. The van der Waals surface area contributed by atoms with Crippen LogP contribution in [0.1, 0.15) is 33.6 Å². The first kappa shape index (κ1) is 13.0. The molecule has 0 aliphatic carbocycles. The summed E-state index contributed by atoms with van der Waals surface area (Å²) in [6.07, 6.45) is 7.03. The first-order valence-electron chi connectivity index (χ1n) is 5.05. The Kier molecular flexibility index (Phi) is 5.98. The molecule has 0 aliphatic rings. The molecular weight excluding hydrogens is 176 g/mol. The Hall–Kier alpha value is -1.01. The van der Waals surface area contributed by atoms with Gasteiger partial charge in [0.05, 0.1) is 12.1 Å². The van der Waals surface area contributed by atoms with Crippen molar-refractivity contribution in [3.8, 4) is 12.3 Å². The van der Waals surface area contributed by atoms with Crippen LogP contribution in [-0.2, 0) is 4.79 Å². The molecule has 0 saturated carbocycles. The smallest absolute Gasteiger partial charge is 0.238 e. The quantitative estimate of drug-likeness (QED) is 0.642. The van der Waals surface area contributed by atoms with E-state index in [0.29, 0.717) is 0 Å². The van der Waals surface area contributed by atoms with Crippen LogP contribution in [0.5, 0.6) is 0 Å². The van der Waals surface area contributed by atoms with Crippen LogP contribution in [0.4, 0.5) is 0 Å². The number of carbonyl (C=O) groups excluding carboxylic acids is 1. The second-order valence-corrected chi connectivity index (χ2v) is 3.79. The van der Waals surface area contributed by atoms with Gasteiger partial charge >= 0.3 is 0 Å². The molecule has 0 aromatic rings. The standard InChI is InChI=1S/C11H20N2O/c1-5-7-9(6-2)13-11(14)10(12)8(3)4/h2,8-10H,5,7,12H2,1,3-4H3,(H,13,14)/t9?,10-/m0/s1. The van der Waals surface area contributed by atoms with Crippen molar-refractivity contribution in [1.82, 2.24) is 5.32 Å². The third-order valence-corrected chi connectivity index (χ3v) is 2.12. The molecule has 3 N–H and O–H groups in total. The van der Waals surface area contributed by atoms with Crippen molar-refractivity contribution in [2.24, 2.45) is 11.7 Å². The number of hydrogen-bond acceptors (Lipinski definition) is 2. The fourth-order valence-electron chi connectivity index (χ4n) is 1.06. The summed E-state index contributed by atoms with van der Waals surface area (Å²) in [7, 11) is 0. The molecule has 0 aromatic carbocycles. The third kappa shape index (κ3) is 4.29. The van der Waals surface area contributed by atoms with E-state index in [0.717, 1.165) is 12.8 Å². The van der Waals surface area contributed by atoms with E-state index in [2.05, 4.69) is 11.2 Å². The lowest BCUT2D eigenvalue weighted by molar-refractivity contribution is -0.123. The molecule has 2 atom stereocenters. The van der Waals surface area contributed by atoms with Crippen molar-refractivity contribution in [1.29, 1.82) is 0 Å². The normalized spacial score (nSPS) is 14.6. The lowest BCUT2D eigenvalue weighted by atomic mass is 10.0. The monoisotopic (exact) mass is 196 g/mol. The van der Waals surface area contributed by atoms with Crippen LogP contribution in [0.15, 0.2) is 0 Å². The summed E-state index contributed by atoms with van der Waals surface area (Å²) in [6.45, 7) is 5.85. The van der Waals surface area contributed by atoms with Gasteiger partial charge in [0, 0.05) is 0 Å². The minimum atomic E-state index is -0.470. The molecule has 0 aliphatic heterocycles. The van der Waals surface area contributed by atoms with Crippen LogP contribution < -0.4 is 11.1 Å². The molecule has 0 radical (unpaired) electrons. The van der Waals surface area contributed by atoms with Gasteiger partial charge in [0.2, 0.25) is 5.91 Å². The molecule has 0 spiro atoms. The zero-order chi connectivity index (χ0) is 11.1. The number of rotatable bonds is 5. The number of nitrogens with one attached hydrogen (secondary N) is 1. The molecule has 80 valence electrons. The molecule has 0 rings (SSSR count). The van der Waals surface area contributed by atoms with Crippen LogP contribution >= 0.6 is 0 Å². The molecule has 0 saturated heterocycles. The lowest BCUT2D eigenvalue weighted by Crippen LogP contribution is -2.47. The molecule has 14 heavy (non-hydrogen) atoms. The number of amides is 1. The van der Waals surface area contributed by atoms with Crippen molar-refractivity contribution in [2.45, 2.75) is 45.7 Å². The van der Waals surface area contributed by atoms with E-state index in [1.54, 1.807) is 0 Å². The van der Waals surface area contributed by atoms with Crippen LogP contribution in [0.25, 0.3) is 0 Å². The van der Waals surface area contributed by atoms with Gasteiger partial charge in [-0.3, -0.25) is 4.79 Å². The topological polar surface area (TPSA) is 55.1 Å². The maximum atomic E-state index is 11.5. The highest BCUT2D eigenvalue weighted by Gasteiger charge is 2.18. The van der Waals surface area contributed by atoms with Gasteiger partial charge in [0.25, 0.3) is 0 Å². The van der Waals surface area contributed by atoms with E-state index in [1.165, 1.54) is 0 Å². The largest absolute Gasteiger partial charge is 0.341 e. The zero-order valence-corrected chi connectivity index (χ0v) is 9.21. The summed E-state index contributed by atoms with van der Waals surface area (Å²) in [4.78, 5) is 11.5. The minimum Gasteiger partial charge on any atom is -0.341 e. The highest BCUT2D eigenvalue weighted by Crippen LogP contribution is 2.00. The highest BCUT2D eigenvalue weighted by atomic mass is 16.2. The predicted octanol–water partition coefficient (Wildman–Crippen LogP) is 0.888. The van der Waals surface area contributed by atoms with Crippen LogP contribution in [0, 0.1) is 18.3 Å².